The second-order valence-corrected chi connectivity index (χ2v) is 7.20. The predicted molar refractivity (Wildman–Crippen MR) is 118 cm³/mol. The molecule has 0 aliphatic heterocycles. The van der Waals surface area contributed by atoms with Crippen molar-refractivity contribution < 1.29 is 14.3 Å². The van der Waals surface area contributed by atoms with E-state index in [9.17, 15) is 4.79 Å². The molecule has 2 aromatic carbocycles. The highest BCUT2D eigenvalue weighted by atomic mass is 35.5. The fourth-order valence-corrected chi connectivity index (χ4v) is 3.49. The van der Waals surface area contributed by atoms with Gasteiger partial charge in [0.05, 0.1) is 35.5 Å². The lowest BCUT2D eigenvalue weighted by Crippen LogP contribution is -2.10. The van der Waals surface area contributed by atoms with Gasteiger partial charge in [-0.05, 0) is 30.7 Å². The van der Waals surface area contributed by atoms with Crippen LogP contribution in [0.1, 0.15) is 30.1 Å². The molecule has 4 aromatic rings. The van der Waals surface area contributed by atoms with Crippen molar-refractivity contribution in [3.63, 3.8) is 0 Å². The minimum absolute atomic E-state index is 0.200. The topological polar surface area (TPSA) is 92.3 Å². The summed E-state index contributed by atoms with van der Waals surface area (Å²) in [5.74, 6) is 0.164. The molecule has 0 atom stereocenters. The fraction of sp³-hybridized carbons (Fsp3) is 0.227. The monoisotopic (exact) mass is 424 g/mol. The minimum atomic E-state index is -0.518. The van der Waals surface area contributed by atoms with Gasteiger partial charge < -0.3 is 15.2 Å². The average molecular weight is 425 g/mol. The van der Waals surface area contributed by atoms with Crippen molar-refractivity contribution in [1.29, 1.82) is 0 Å². The Hall–Kier alpha value is -3.32. The van der Waals surface area contributed by atoms with Crippen LogP contribution in [0.25, 0.3) is 27.9 Å². The number of esters is 1. The highest BCUT2D eigenvalue weighted by Gasteiger charge is 2.26. The van der Waals surface area contributed by atoms with Crippen molar-refractivity contribution in [2.24, 2.45) is 0 Å². The van der Waals surface area contributed by atoms with Crippen LogP contribution in [0, 0.1) is 0 Å². The zero-order valence-electron chi connectivity index (χ0n) is 16.7. The number of unbranched alkanes of at least 4 members (excludes halogenated alkanes) is 1. The zero-order valence-corrected chi connectivity index (χ0v) is 17.4. The maximum absolute atomic E-state index is 12.9. The summed E-state index contributed by atoms with van der Waals surface area (Å²) >= 11 is 6.18. The second kappa shape index (κ2) is 8.20. The number of anilines is 1. The summed E-state index contributed by atoms with van der Waals surface area (Å²) in [5, 5.41) is 0.465. The number of halogens is 1. The van der Waals surface area contributed by atoms with Gasteiger partial charge >= 0.3 is 5.97 Å². The number of nitrogens with zero attached hydrogens (tertiary/aromatic N) is 3. The number of benzene rings is 2. The summed E-state index contributed by atoms with van der Waals surface area (Å²) in [6.07, 6.45) is 1.69. The van der Waals surface area contributed by atoms with Crippen molar-refractivity contribution in [2.75, 3.05) is 19.5 Å². The lowest BCUT2D eigenvalue weighted by Gasteiger charge is -2.10. The summed E-state index contributed by atoms with van der Waals surface area (Å²) in [6, 6.07) is 12.7. The van der Waals surface area contributed by atoms with Crippen molar-refractivity contribution in [2.45, 2.75) is 19.8 Å². The van der Waals surface area contributed by atoms with Crippen LogP contribution in [0.15, 0.2) is 42.5 Å². The number of hydrogen-bond donors (Lipinski definition) is 1. The first-order valence-electron chi connectivity index (χ1n) is 9.62. The van der Waals surface area contributed by atoms with E-state index in [1.54, 1.807) is 22.8 Å². The summed E-state index contributed by atoms with van der Waals surface area (Å²) in [4.78, 5) is 22.3. The third-order valence-electron chi connectivity index (χ3n) is 4.83. The number of hydrogen-bond acceptors (Lipinski definition) is 6. The Morgan fingerprint density at radius 3 is 2.60 bits per heavy atom. The van der Waals surface area contributed by atoms with Crippen molar-refractivity contribution in [1.82, 2.24) is 14.5 Å². The maximum atomic E-state index is 12.9. The van der Waals surface area contributed by atoms with E-state index in [0.717, 1.165) is 12.8 Å². The molecule has 2 N–H and O–H groups in total. The van der Waals surface area contributed by atoms with Gasteiger partial charge in [-0.15, -0.1) is 0 Å². The van der Waals surface area contributed by atoms with Gasteiger partial charge in [0.1, 0.15) is 22.6 Å². The molecule has 7 nitrogen and oxygen atoms in total. The molecule has 8 heteroatoms. The number of nitrogen functional groups attached to an aromatic ring is 1. The van der Waals surface area contributed by atoms with Gasteiger partial charge in [-0.3, -0.25) is 4.57 Å². The van der Waals surface area contributed by atoms with Crippen molar-refractivity contribution >= 4 is 45.6 Å². The molecule has 0 fully saturated rings. The first-order valence-corrected chi connectivity index (χ1v) is 10.0. The number of rotatable bonds is 6. The van der Waals surface area contributed by atoms with Crippen LogP contribution in [-0.4, -0.2) is 34.2 Å². The van der Waals surface area contributed by atoms with Gasteiger partial charge in [0.2, 0.25) is 0 Å². The standard InChI is InChI=1S/C22H21ClN4O3/c1-3-4-11-30-22(28)18-19-21(26-16-8-6-5-7-15(16)25-19)27(20(18)24)13-9-10-14(23)17(12-13)29-2/h5-10,12H,3-4,11,24H2,1-2H3. The van der Waals surface area contributed by atoms with Crippen molar-refractivity contribution in [3.8, 4) is 11.4 Å². The van der Waals surface area contributed by atoms with E-state index >= 15 is 0 Å². The molecule has 4 rings (SSSR count). The van der Waals surface area contributed by atoms with Crippen LogP contribution in [0.5, 0.6) is 5.75 Å². The van der Waals surface area contributed by atoms with Gasteiger partial charge in [0, 0.05) is 6.07 Å². The van der Waals surface area contributed by atoms with Gasteiger partial charge in [-0.2, -0.15) is 0 Å². The van der Waals surface area contributed by atoms with E-state index in [4.69, 9.17) is 31.8 Å². The molecule has 0 bridgehead atoms. The number of carbonyl (C=O) groups excluding carboxylic acids is 1. The zero-order chi connectivity index (χ0) is 21.3. The van der Waals surface area contributed by atoms with Crippen LogP contribution in [0.2, 0.25) is 5.02 Å². The van der Waals surface area contributed by atoms with E-state index in [-0.39, 0.29) is 11.4 Å². The Morgan fingerprint density at radius 2 is 1.90 bits per heavy atom. The number of fused-ring (bicyclic) bond motifs is 2. The number of methoxy groups -OCH3 is 1. The smallest absolute Gasteiger partial charge is 0.344 e. The highest BCUT2D eigenvalue weighted by Crippen LogP contribution is 2.34. The molecule has 0 spiro atoms. The van der Waals surface area contributed by atoms with Crippen LogP contribution < -0.4 is 10.5 Å². The van der Waals surface area contributed by atoms with Gasteiger partial charge in [-0.25, -0.2) is 14.8 Å². The third kappa shape index (κ3) is 3.41. The molecule has 0 saturated heterocycles. The van der Waals surface area contributed by atoms with E-state index in [1.165, 1.54) is 7.11 Å². The molecule has 0 aliphatic carbocycles. The molecule has 30 heavy (non-hydrogen) atoms. The Bertz CT molecular complexity index is 1250. The van der Waals surface area contributed by atoms with Gasteiger partial charge in [0.25, 0.3) is 0 Å². The largest absolute Gasteiger partial charge is 0.495 e. The molecule has 0 aliphatic rings. The first-order chi connectivity index (χ1) is 14.5. The predicted octanol–water partition coefficient (Wildman–Crippen LogP) is 4.77. The van der Waals surface area contributed by atoms with Crippen LogP contribution in [0.4, 0.5) is 5.82 Å². The molecule has 2 aromatic heterocycles. The van der Waals surface area contributed by atoms with Crippen LogP contribution >= 0.6 is 11.6 Å². The van der Waals surface area contributed by atoms with E-state index in [1.807, 2.05) is 31.2 Å². The molecule has 2 heterocycles. The molecular formula is C22H21ClN4O3. The third-order valence-corrected chi connectivity index (χ3v) is 5.14. The summed E-state index contributed by atoms with van der Waals surface area (Å²) in [5.41, 5.74) is 9.51. The second-order valence-electron chi connectivity index (χ2n) is 6.79. The summed E-state index contributed by atoms with van der Waals surface area (Å²) < 4.78 is 12.4. The number of para-hydroxylation sites is 2. The van der Waals surface area contributed by atoms with Crippen LogP contribution in [-0.2, 0) is 4.74 Å². The Morgan fingerprint density at radius 1 is 1.17 bits per heavy atom. The molecule has 0 saturated carbocycles. The fourth-order valence-electron chi connectivity index (χ4n) is 3.29. The molecule has 0 unspecified atom stereocenters. The summed E-state index contributed by atoms with van der Waals surface area (Å²) in [7, 11) is 1.53. The number of nitrogens with two attached hydrogens (primary N) is 1. The highest BCUT2D eigenvalue weighted by molar-refractivity contribution is 6.32. The van der Waals surface area contributed by atoms with E-state index in [2.05, 4.69) is 4.98 Å². The van der Waals surface area contributed by atoms with Gasteiger partial charge in [-0.1, -0.05) is 37.1 Å². The SMILES string of the molecule is CCCCOC(=O)c1c(N)n(-c2ccc(Cl)c(OC)c2)c2nc3ccccc3nc12. The number of ether oxygens (including phenoxy) is 2. The molecule has 154 valence electrons. The quantitative estimate of drug-likeness (QED) is 0.354. The van der Waals surface area contributed by atoms with E-state index in [0.29, 0.717) is 45.3 Å². The normalized spacial score (nSPS) is 11.2. The van der Waals surface area contributed by atoms with Gasteiger partial charge in [0.15, 0.2) is 5.65 Å². The lowest BCUT2D eigenvalue weighted by molar-refractivity contribution is 0.0503. The average Bonchev–Trinajstić information content (AvgIpc) is 3.03. The molecule has 0 radical (unpaired) electrons. The van der Waals surface area contributed by atoms with Crippen molar-refractivity contribution in [3.05, 3.63) is 53.1 Å². The Labute approximate surface area is 178 Å². The molecule has 0 amide bonds. The Kier molecular flexibility index (Phi) is 5.46. The minimum Gasteiger partial charge on any atom is -0.495 e. The Balaban J connectivity index is 1.98. The summed E-state index contributed by atoms with van der Waals surface area (Å²) in [6.45, 7) is 2.34. The van der Waals surface area contributed by atoms with E-state index < -0.39 is 5.97 Å². The molecular weight excluding hydrogens is 404 g/mol. The first kappa shape index (κ1) is 20.0. The number of carbonyl (C=O) groups is 1. The maximum Gasteiger partial charge on any atom is 0.344 e. The lowest BCUT2D eigenvalue weighted by atomic mass is 10.2. The number of aromatic nitrogens is 3. The van der Waals surface area contributed by atoms with Crippen LogP contribution in [0.3, 0.4) is 0 Å².